The van der Waals surface area contributed by atoms with Gasteiger partial charge in [-0.2, -0.15) is 4.31 Å². The molecule has 1 heterocycles. The number of esters is 1. The van der Waals surface area contributed by atoms with E-state index in [1.807, 2.05) is 34.6 Å². The van der Waals surface area contributed by atoms with E-state index in [2.05, 4.69) is 19.6 Å². The summed E-state index contributed by atoms with van der Waals surface area (Å²) in [4.78, 5) is 23.9. The van der Waals surface area contributed by atoms with E-state index in [1.165, 1.54) is 28.6 Å². The highest BCUT2D eigenvalue weighted by atomic mass is 32.2. The molecule has 1 aliphatic heterocycles. The minimum Gasteiger partial charge on any atom is -0.464 e. The van der Waals surface area contributed by atoms with Gasteiger partial charge in [-0.15, -0.1) is 0 Å². The van der Waals surface area contributed by atoms with Crippen LogP contribution in [0.2, 0.25) is 19.6 Å². The third-order valence-electron chi connectivity index (χ3n) is 6.93. The molecule has 3 rings (SSSR count). The molecule has 39 heavy (non-hydrogen) atoms. The second-order valence-corrected chi connectivity index (χ2v) is 18.8. The number of hydrogen-bond donors (Lipinski definition) is 0. The van der Waals surface area contributed by atoms with Gasteiger partial charge in [0, 0.05) is 19.2 Å². The first-order valence-corrected chi connectivity index (χ1v) is 18.1. The third-order valence-corrected chi connectivity index (χ3v) is 11.0. The average molecular weight is 577 g/mol. The van der Waals surface area contributed by atoms with E-state index in [9.17, 15) is 23.3 Å². The number of para-hydroxylation sites is 1. The molecule has 0 unspecified atom stereocenters. The van der Waals surface area contributed by atoms with Crippen molar-refractivity contribution in [2.24, 2.45) is 0 Å². The number of fused-ring (bicyclic) bond motifs is 1. The Balaban J connectivity index is 2.26. The summed E-state index contributed by atoms with van der Waals surface area (Å²) in [6.45, 7) is 18.5. The molecule has 11 heteroatoms. The van der Waals surface area contributed by atoms with E-state index in [0.717, 1.165) is 33.0 Å². The van der Waals surface area contributed by atoms with E-state index < -0.39 is 46.4 Å². The van der Waals surface area contributed by atoms with Crippen molar-refractivity contribution in [3.8, 4) is 0 Å². The Labute approximate surface area is 232 Å². The van der Waals surface area contributed by atoms with Gasteiger partial charge >= 0.3 is 5.97 Å². The Kier molecular flexibility index (Phi) is 8.81. The smallest absolute Gasteiger partial charge is 0.339 e. The first-order chi connectivity index (χ1) is 17.9. The quantitative estimate of drug-likeness (QED) is 0.189. The maximum atomic E-state index is 13.7. The van der Waals surface area contributed by atoms with Gasteiger partial charge in [0.15, 0.2) is 11.0 Å². The molecular formula is C28H40N2O7SSi. The zero-order valence-electron chi connectivity index (χ0n) is 24.4. The molecule has 0 saturated carbocycles. The molecule has 1 aliphatic rings. The fraction of sp³-hybridized carbons (Fsp3) is 0.536. The molecule has 0 fully saturated rings. The van der Waals surface area contributed by atoms with Crippen molar-refractivity contribution in [3.05, 3.63) is 62.2 Å². The Bertz CT molecular complexity index is 1390. The minimum absolute atomic E-state index is 0.0421. The van der Waals surface area contributed by atoms with Crippen molar-refractivity contribution in [2.75, 3.05) is 13.2 Å². The summed E-state index contributed by atoms with van der Waals surface area (Å²) < 4.78 is 40.5. The lowest BCUT2D eigenvalue weighted by Gasteiger charge is -2.37. The minimum atomic E-state index is -4.16. The van der Waals surface area contributed by atoms with Gasteiger partial charge in [-0.1, -0.05) is 37.0 Å². The first kappa shape index (κ1) is 30.9. The maximum Gasteiger partial charge on any atom is 0.339 e. The average Bonchev–Trinajstić information content (AvgIpc) is 2.83. The SMILES string of the molecule is CCOC(=O)[C@@H](OC(C)(C)C)c1c(C)c2c(c(C)c1[Si](C)(C)C)CCN(S(=O)(=O)c1ccccc1[N+](=O)[O-])C2. The number of benzene rings is 2. The van der Waals surface area contributed by atoms with Crippen molar-refractivity contribution in [1.29, 1.82) is 0 Å². The number of nitro groups is 1. The summed E-state index contributed by atoms with van der Waals surface area (Å²) >= 11 is 0. The van der Waals surface area contributed by atoms with Crippen LogP contribution in [0.1, 0.15) is 61.6 Å². The van der Waals surface area contributed by atoms with Crippen LogP contribution in [-0.4, -0.2) is 50.4 Å². The van der Waals surface area contributed by atoms with Gasteiger partial charge in [0.05, 0.1) is 25.2 Å². The fourth-order valence-electron chi connectivity index (χ4n) is 5.46. The van der Waals surface area contributed by atoms with E-state index in [4.69, 9.17) is 9.47 Å². The molecule has 2 aromatic carbocycles. The van der Waals surface area contributed by atoms with Gasteiger partial charge in [0.25, 0.3) is 5.69 Å². The van der Waals surface area contributed by atoms with Gasteiger partial charge in [-0.05, 0) is 81.8 Å². The van der Waals surface area contributed by atoms with Crippen LogP contribution in [0.15, 0.2) is 29.2 Å². The van der Waals surface area contributed by atoms with Crippen LogP contribution < -0.4 is 5.19 Å². The Morgan fingerprint density at radius 3 is 2.28 bits per heavy atom. The summed E-state index contributed by atoms with van der Waals surface area (Å²) in [5.74, 6) is -0.477. The number of nitro benzene ring substituents is 1. The molecule has 0 bridgehead atoms. The third kappa shape index (κ3) is 6.26. The highest BCUT2D eigenvalue weighted by molar-refractivity contribution is 7.89. The predicted octanol–water partition coefficient (Wildman–Crippen LogP) is 4.92. The molecule has 0 aliphatic carbocycles. The number of carbonyl (C=O) groups is 1. The van der Waals surface area contributed by atoms with Gasteiger partial charge in [-0.25, -0.2) is 13.2 Å². The van der Waals surface area contributed by atoms with Crippen molar-refractivity contribution in [3.63, 3.8) is 0 Å². The van der Waals surface area contributed by atoms with E-state index in [1.54, 1.807) is 6.92 Å². The fourth-order valence-corrected chi connectivity index (χ4v) is 9.43. The predicted molar refractivity (Wildman–Crippen MR) is 154 cm³/mol. The zero-order chi connectivity index (χ0) is 29.5. The molecule has 0 aromatic heterocycles. The van der Waals surface area contributed by atoms with E-state index in [-0.39, 0.29) is 24.6 Å². The Hall–Kier alpha value is -2.60. The molecule has 0 radical (unpaired) electrons. The highest BCUT2D eigenvalue weighted by Gasteiger charge is 2.40. The molecular weight excluding hydrogens is 536 g/mol. The lowest BCUT2D eigenvalue weighted by molar-refractivity contribution is -0.387. The van der Waals surface area contributed by atoms with Crippen molar-refractivity contribution in [2.45, 2.75) is 90.7 Å². The second-order valence-electron chi connectivity index (χ2n) is 11.9. The topological polar surface area (TPSA) is 116 Å². The van der Waals surface area contributed by atoms with Crippen LogP contribution in [-0.2, 0) is 37.3 Å². The molecule has 214 valence electrons. The van der Waals surface area contributed by atoms with Crippen LogP contribution in [0.25, 0.3) is 0 Å². The van der Waals surface area contributed by atoms with Gasteiger partial charge in [0.2, 0.25) is 10.0 Å². The monoisotopic (exact) mass is 576 g/mol. The maximum absolute atomic E-state index is 13.7. The van der Waals surface area contributed by atoms with Gasteiger partial charge < -0.3 is 9.47 Å². The number of rotatable bonds is 8. The standard InChI is InChI=1S/C28H40N2O7SSi/c1-10-36-27(31)25(37-28(4,5)6)24-18(2)21-17-29(16-15-20(21)19(3)26(24)39(7,8)9)38(34,35)23-14-12-11-13-22(23)30(32)33/h11-14,25H,10,15-17H2,1-9H3/t25-/m0/s1. The highest BCUT2D eigenvalue weighted by Crippen LogP contribution is 2.37. The molecule has 0 spiro atoms. The van der Waals surface area contributed by atoms with Crippen LogP contribution in [0, 0.1) is 24.0 Å². The molecule has 1 atom stereocenters. The summed E-state index contributed by atoms with van der Waals surface area (Å²) in [6.07, 6.45) is -0.512. The number of sulfonamides is 1. The zero-order valence-corrected chi connectivity index (χ0v) is 26.2. The van der Waals surface area contributed by atoms with Crippen LogP contribution in [0.3, 0.4) is 0 Å². The molecule has 0 amide bonds. The van der Waals surface area contributed by atoms with Crippen molar-refractivity contribution in [1.82, 2.24) is 4.31 Å². The molecule has 2 aromatic rings. The summed E-state index contributed by atoms with van der Waals surface area (Å²) in [7, 11) is -6.20. The molecule has 9 nitrogen and oxygen atoms in total. The first-order valence-electron chi connectivity index (χ1n) is 13.1. The van der Waals surface area contributed by atoms with Crippen molar-refractivity contribution >= 4 is 34.9 Å². The van der Waals surface area contributed by atoms with Crippen LogP contribution in [0.5, 0.6) is 0 Å². The summed E-state index contributed by atoms with van der Waals surface area (Å²) in [5.41, 5.74) is 3.39. The molecule has 0 saturated heterocycles. The Morgan fingerprint density at radius 1 is 1.13 bits per heavy atom. The normalized spacial score (nSPS) is 15.5. The van der Waals surface area contributed by atoms with E-state index in [0.29, 0.717) is 6.42 Å². The lowest BCUT2D eigenvalue weighted by atomic mass is 9.87. The van der Waals surface area contributed by atoms with Crippen LogP contribution in [0.4, 0.5) is 5.69 Å². The number of carbonyl (C=O) groups excluding carboxylic acids is 1. The lowest BCUT2D eigenvalue weighted by Crippen LogP contribution is -2.47. The number of nitrogens with zero attached hydrogens (tertiary/aromatic N) is 2. The van der Waals surface area contributed by atoms with Crippen molar-refractivity contribution < 1.29 is 27.6 Å². The largest absolute Gasteiger partial charge is 0.464 e. The summed E-state index contributed by atoms with van der Waals surface area (Å²) in [6, 6.07) is 5.41. The van der Waals surface area contributed by atoms with Crippen LogP contribution >= 0.6 is 0 Å². The van der Waals surface area contributed by atoms with E-state index >= 15 is 0 Å². The number of ether oxygens (including phenoxy) is 2. The van der Waals surface area contributed by atoms with Gasteiger partial charge in [0.1, 0.15) is 0 Å². The van der Waals surface area contributed by atoms with Gasteiger partial charge in [-0.3, -0.25) is 10.1 Å². The Morgan fingerprint density at radius 2 is 1.74 bits per heavy atom. The molecule has 0 N–H and O–H groups in total. The number of hydrogen-bond acceptors (Lipinski definition) is 7. The summed E-state index contributed by atoms with van der Waals surface area (Å²) in [5, 5.41) is 12.7. The second kappa shape index (κ2) is 11.1.